The summed E-state index contributed by atoms with van der Waals surface area (Å²) in [5, 5.41) is 21.4. The molecule has 240 valence electrons. The van der Waals surface area contributed by atoms with Gasteiger partial charge in [0.15, 0.2) is 0 Å². The van der Waals surface area contributed by atoms with E-state index in [2.05, 4.69) is 26.6 Å². The molecule has 0 aromatic rings. The first-order valence-corrected chi connectivity index (χ1v) is 14.2. The molecule has 8 N–H and O–H groups in total. The van der Waals surface area contributed by atoms with Crippen molar-refractivity contribution in [3.63, 3.8) is 0 Å². The van der Waals surface area contributed by atoms with Crippen molar-refractivity contribution in [2.75, 3.05) is 26.2 Å². The summed E-state index contributed by atoms with van der Waals surface area (Å²) in [6.45, 7) is 5.48. The summed E-state index contributed by atoms with van der Waals surface area (Å²) in [5.41, 5.74) is 5.26. The molecule has 0 aromatic heterocycles. The Morgan fingerprint density at radius 3 is 1.72 bits per heavy atom. The summed E-state index contributed by atoms with van der Waals surface area (Å²) < 4.78 is 0. The van der Waals surface area contributed by atoms with Crippen LogP contribution in [0.25, 0.3) is 0 Å². The summed E-state index contributed by atoms with van der Waals surface area (Å²) in [6, 6.07) is -5.83. The Bertz CT molecular complexity index is 1120. The number of nitrogens with two attached hydrogens (primary N) is 1. The molecule has 0 unspecified atom stereocenters. The molecule has 2 fully saturated rings. The van der Waals surface area contributed by atoms with Crippen LogP contribution in [0.2, 0.25) is 0 Å². The molecule has 0 aromatic carbocycles. The number of carboxylic acids is 1. The zero-order valence-electron chi connectivity index (χ0n) is 24.8. The SMILES string of the molecule is C[C@H](NC(=O)[C@H](C)NC(=O)[C@@H]1CCCN1C(=O)[C@H](C)NC(=O)CN)C(=O)NCC(=O)N[C@@H](C)C(=O)N1CCC[C@H]1C(=O)O. The number of aliphatic carboxylic acids is 1. The third-order valence-electron chi connectivity index (χ3n) is 7.27. The lowest BCUT2D eigenvalue weighted by Gasteiger charge is -2.28. The van der Waals surface area contributed by atoms with E-state index >= 15 is 0 Å². The maximum Gasteiger partial charge on any atom is 0.326 e. The second-order valence-electron chi connectivity index (χ2n) is 10.7. The molecule has 6 atom stereocenters. The molecule has 2 saturated heterocycles. The number of hydrogen-bond donors (Lipinski definition) is 7. The van der Waals surface area contributed by atoms with E-state index in [-0.39, 0.29) is 13.1 Å². The van der Waals surface area contributed by atoms with Gasteiger partial charge in [-0.1, -0.05) is 0 Å². The lowest BCUT2D eigenvalue weighted by atomic mass is 10.1. The summed E-state index contributed by atoms with van der Waals surface area (Å²) in [6.07, 6.45) is 1.80. The van der Waals surface area contributed by atoms with Crippen LogP contribution in [-0.4, -0.2) is 125 Å². The molecule has 0 saturated carbocycles. The van der Waals surface area contributed by atoms with E-state index < -0.39 is 90.1 Å². The number of hydrogen-bond acceptors (Lipinski definition) is 9. The van der Waals surface area contributed by atoms with Crippen molar-refractivity contribution < 1.29 is 43.5 Å². The lowest BCUT2D eigenvalue weighted by molar-refractivity contribution is -0.149. The highest BCUT2D eigenvalue weighted by Crippen LogP contribution is 2.19. The first-order valence-electron chi connectivity index (χ1n) is 14.2. The number of nitrogens with zero attached hydrogens (tertiary/aromatic N) is 2. The Balaban J connectivity index is 1.79. The Morgan fingerprint density at radius 1 is 0.698 bits per heavy atom. The van der Waals surface area contributed by atoms with Crippen LogP contribution < -0.4 is 32.3 Å². The molecule has 2 aliphatic rings. The van der Waals surface area contributed by atoms with Crippen molar-refractivity contribution in [2.45, 2.75) is 89.6 Å². The molecule has 2 aliphatic heterocycles. The van der Waals surface area contributed by atoms with Gasteiger partial charge in [-0.2, -0.15) is 0 Å². The fourth-order valence-electron chi connectivity index (χ4n) is 4.90. The zero-order valence-corrected chi connectivity index (χ0v) is 24.8. The minimum atomic E-state index is -1.11. The van der Waals surface area contributed by atoms with Crippen LogP contribution in [-0.2, 0) is 38.4 Å². The third-order valence-corrected chi connectivity index (χ3v) is 7.27. The van der Waals surface area contributed by atoms with Gasteiger partial charge in [0.2, 0.25) is 41.4 Å². The third kappa shape index (κ3) is 9.62. The van der Waals surface area contributed by atoms with Crippen molar-refractivity contribution in [3.8, 4) is 0 Å². The van der Waals surface area contributed by atoms with Crippen LogP contribution in [0.3, 0.4) is 0 Å². The summed E-state index contributed by atoms with van der Waals surface area (Å²) >= 11 is 0. The maximum atomic E-state index is 12.9. The molecular formula is C26H42N8O9. The maximum absolute atomic E-state index is 12.9. The second-order valence-corrected chi connectivity index (χ2v) is 10.7. The van der Waals surface area contributed by atoms with E-state index in [1.807, 2.05) is 0 Å². The van der Waals surface area contributed by atoms with E-state index in [9.17, 15) is 43.5 Å². The van der Waals surface area contributed by atoms with E-state index in [1.54, 1.807) is 0 Å². The van der Waals surface area contributed by atoms with Crippen LogP contribution in [0.1, 0.15) is 53.4 Å². The van der Waals surface area contributed by atoms with Gasteiger partial charge in [-0.3, -0.25) is 33.6 Å². The van der Waals surface area contributed by atoms with Gasteiger partial charge in [0.05, 0.1) is 13.1 Å². The molecular weight excluding hydrogens is 568 g/mol. The number of rotatable bonds is 13. The van der Waals surface area contributed by atoms with E-state index in [0.29, 0.717) is 32.2 Å². The van der Waals surface area contributed by atoms with Gasteiger partial charge >= 0.3 is 5.97 Å². The Labute approximate surface area is 249 Å². The minimum Gasteiger partial charge on any atom is -0.480 e. The number of nitrogens with one attached hydrogen (secondary N) is 5. The van der Waals surface area contributed by atoms with E-state index in [4.69, 9.17) is 5.73 Å². The van der Waals surface area contributed by atoms with Crippen molar-refractivity contribution >= 4 is 47.3 Å². The van der Waals surface area contributed by atoms with Gasteiger partial charge in [-0.05, 0) is 53.4 Å². The fourth-order valence-corrected chi connectivity index (χ4v) is 4.90. The number of carbonyl (C=O) groups is 8. The molecule has 17 nitrogen and oxygen atoms in total. The molecule has 0 spiro atoms. The van der Waals surface area contributed by atoms with Gasteiger partial charge in [0, 0.05) is 13.1 Å². The number of amides is 7. The highest BCUT2D eigenvalue weighted by atomic mass is 16.4. The summed E-state index contributed by atoms with van der Waals surface area (Å²) in [7, 11) is 0. The number of likely N-dealkylation sites (tertiary alicyclic amines) is 2. The van der Waals surface area contributed by atoms with Crippen LogP contribution in [0.15, 0.2) is 0 Å². The van der Waals surface area contributed by atoms with Crippen LogP contribution in [0, 0.1) is 0 Å². The van der Waals surface area contributed by atoms with Crippen LogP contribution >= 0.6 is 0 Å². The van der Waals surface area contributed by atoms with Gasteiger partial charge < -0.3 is 47.2 Å². The molecule has 0 bridgehead atoms. The van der Waals surface area contributed by atoms with Crippen molar-refractivity contribution in [3.05, 3.63) is 0 Å². The van der Waals surface area contributed by atoms with Gasteiger partial charge in [0.25, 0.3) is 0 Å². The average molecular weight is 611 g/mol. The quantitative estimate of drug-likeness (QED) is 0.107. The normalized spacial score (nSPS) is 20.7. The monoisotopic (exact) mass is 610 g/mol. The molecule has 0 aliphatic carbocycles. The smallest absolute Gasteiger partial charge is 0.326 e. The standard InChI is InChI=1S/C26H42N8O9/c1-13(21(37)28-12-20(36)30-16(4)25(41)34-10-6-8-18(34)26(42)43)31-22(38)14(2)32-23(39)17-7-5-9-33(17)24(40)15(3)29-19(35)11-27/h13-18H,5-12,27H2,1-4H3,(H,28,37)(H,29,35)(H,30,36)(H,31,38)(H,32,39)(H,42,43)/t13-,14-,15-,16-,17-,18-/m0/s1. The molecule has 43 heavy (non-hydrogen) atoms. The minimum absolute atomic E-state index is 0.272. The van der Waals surface area contributed by atoms with Crippen LogP contribution in [0.5, 0.6) is 0 Å². The average Bonchev–Trinajstić information content (AvgIpc) is 3.65. The van der Waals surface area contributed by atoms with Gasteiger partial charge in [0.1, 0.15) is 36.3 Å². The van der Waals surface area contributed by atoms with Gasteiger partial charge in [-0.15, -0.1) is 0 Å². The van der Waals surface area contributed by atoms with E-state index in [0.717, 1.165) is 0 Å². The molecule has 2 rings (SSSR count). The topological polar surface area (TPSA) is 249 Å². The van der Waals surface area contributed by atoms with Crippen molar-refractivity contribution in [1.29, 1.82) is 0 Å². The zero-order chi connectivity index (χ0) is 32.4. The summed E-state index contributed by atoms with van der Waals surface area (Å²) in [5.74, 6) is -5.26. The molecule has 2 heterocycles. The van der Waals surface area contributed by atoms with Crippen LogP contribution in [0.4, 0.5) is 0 Å². The van der Waals surface area contributed by atoms with Crippen molar-refractivity contribution in [1.82, 2.24) is 36.4 Å². The van der Waals surface area contributed by atoms with Crippen molar-refractivity contribution in [2.24, 2.45) is 5.73 Å². The predicted molar refractivity (Wildman–Crippen MR) is 150 cm³/mol. The second kappa shape index (κ2) is 15.8. The van der Waals surface area contributed by atoms with E-state index in [1.165, 1.54) is 37.5 Å². The fraction of sp³-hybridized carbons (Fsp3) is 0.692. The number of carboxylic acid groups (broad SMARTS) is 1. The first kappa shape index (κ1) is 34.9. The molecule has 0 radical (unpaired) electrons. The molecule has 17 heteroatoms. The molecule has 7 amide bonds. The highest BCUT2D eigenvalue weighted by molar-refractivity contribution is 5.96. The van der Waals surface area contributed by atoms with Gasteiger partial charge in [-0.25, -0.2) is 4.79 Å². The largest absolute Gasteiger partial charge is 0.480 e. The lowest BCUT2D eigenvalue weighted by Crippen LogP contribution is -2.57. The first-order chi connectivity index (χ1) is 20.2. The summed E-state index contributed by atoms with van der Waals surface area (Å²) in [4.78, 5) is 101. The number of carbonyl (C=O) groups excluding carboxylic acids is 7. The Hall–Kier alpha value is -4.28. The predicted octanol–water partition coefficient (Wildman–Crippen LogP) is -3.85. The Kier molecular flexibility index (Phi) is 12.8. The highest BCUT2D eigenvalue weighted by Gasteiger charge is 2.38. The Morgan fingerprint density at radius 2 is 1.19 bits per heavy atom.